The van der Waals surface area contributed by atoms with Crippen molar-refractivity contribution in [3.63, 3.8) is 0 Å². The highest BCUT2D eigenvalue weighted by molar-refractivity contribution is 9.10. The van der Waals surface area contributed by atoms with Crippen LogP contribution in [0.5, 0.6) is 0 Å². The summed E-state index contributed by atoms with van der Waals surface area (Å²) in [6.07, 6.45) is 1.55. The molecule has 0 saturated heterocycles. The van der Waals surface area contributed by atoms with E-state index in [0.717, 1.165) is 26.9 Å². The third-order valence-corrected chi connectivity index (χ3v) is 3.73. The van der Waals surface area contributed by atoms with E-state index in [2.05, 4.69) is 37.3 Å². The number of anilines is 3. The number of benzene rings is 2. The van der Waals surface area contributed by atoms with Gasteiger partial charge in [0.2, 0.25) is 0 Å². The summed E-state index contributed by atoms with van der Waals surface area (Å²) in [7, 11) is 0. The number of fused-ring (bicyclic) bond motifs is 1. The highest BCUT2D eigenvalue weighted by Gasteiger charge is 2.07. The number of hydrogen-bond donors (Lipinski definition) is 2. The van der Waals surface area contributed by atoms with Crippen molar-refractivity contribution >= 4 is 44.0 Å². The normalized spacial score (nSPS) is 10.7. The molecule has 0 aliphatic carbocycles. The standard InChI is InChI=1S/C15H13BrN4/c1-9-2-4-12(16)14(6-9)20-15-11-7-10(17)3-5-13(11)18-8-19-15/h2-8H,17H2,1H3,(H,18,19,20). The molecule has 100 valence electrons. The number of rotatable bonds is 2. The van der Waals surface area contributed by atoms with E-state index in [4.69, 9.17) is 5.73 Å². The molecular formula is C15H13BrN4. The van der Waals surface area contributed by atoms with E-state index < -0.39 is 0 Å². The summed E-state index contributed by atoms with van der Waals surface area (Å²) in [6.45, 7) is 2.05. The second-order valence-corrected chi connectivity index (χ2v) is 5.46. The molecule has 0 fully saturated rings. The van der Waals surface area contributed by atoms with Gasteiger partial charge in [-0.25, -0.2) is 9.97 Å². The lowest BCUT2D eigenvalue weighted by Crippen LogP contribution is -1.98. The highest BCUT2D eigenvalue weighted by Crippen LogP contribution is 2.29. The molecule has 0 aliphatic heterocycles. The van der Waals surface area contributed by atoms with Crippen LogP contribution >= 0.6 is 15.9 Å². The Morgan fingerprint density at radius 1 is 1.10 bits per heavy atom. The van der Waals surface area contributed by atoms with Gasteiger partial charge in [-0.1, -0.05) is 6.07 Å². The second-order valence-electron chi connectivity index (χ2n) is 4.61. The smallest absolute Gasteiger partial charge is 0.141 e. The molecule has 0 aliphatic rings. The molecule has 2 aromatic carbocycles. The maximum Gasteiger partial charge on any atom is 0.141 e. The number of nitrogens with one attached hydrogen (secondary N) is 1. The molecule has 3 aromatic rings. The number of aryl methyl sites for hydroxylation is 1. The van der Waals surface area contributed by atoms with Crippen molar-refractivity contribution in [1.29, 1.82) is 0 Å². The molecule has 20 heavy (non-hydrogen) atoms. The summed E-state index contributed by atoms with van der Waals surface area (Å²) in [5.74, 6) is 0.744. The number of nitrogens with two attached hydrogens (primary N) is 1. The van der Waals surface area contributed by atoms with Crippen LogP contribution in [0.2, 0.25) is 0 Å². The van der Waals surface area contributed by atoms with Gasteiger partial charge in [0.15, 0.2) is 0 Å². The van der Waals surface area contributed by atoms with Gasteiger partial charge in [0, 0.05) is 15.5 Å². The summed E-state index contributed by atoms with van der Waals surface area (Å²) in [5.41, 5.74) is 9.54. The van der Waals surface area contributed by atoms with E-state index in [1.165, 1.54) is 5.56 Å². The summed E-state index contributed by atoms with van der Waals surface area (Å²) in [6, 6.07) is 11.7. The van der Waals surface area contributed by atoms with Crippen LogP contribution < -0.4 is 11.1 Å². The van der Waals surface area contributed by atoms with Crippen LogP contribution in [-0.4, -0.2) is 9.97 Å². The minimum absolute atomic E-state index is 0.693. The Morgan fingerprint density at radius 3 is 2.80 bits per heavy atom. The molecule has 1 aromatic heterocycles. The molecule has 3 rings (SSSR count). The molecule has 0 atom stereocenters. The Bertz CT molecular complexity index is 786. The van der Waals surface area contributed by atoms with Crippen LogP contribution in [-0.2, 0) is 0 Å². The predicted octanol–water partition coefficient (Wildman–Crippen LogP) is 4.03. The van der Waals surface area contributed by atoms with E-state index in [1.807, 2.05) is 37.3 Å². The fourth-order valence-electron chi connectivity index (χ4n) is 2.04. The van der Waals surface area contributed by atoms with E-state index in [9.17, 15) is 0 Å². The van der Waals surface area contributed by atoms with Crippen LogP contribution in [0.15, 0.2) is 47.2 Å². The summed E-state index contributed by atoms with van der Waals surface area (Å²) >= 11 is 3.54. The van der Waals surface area contributed by atoms with Crippen LogP contribution in [0.25, 0.3) is 10.9 Å². The molecule has 5 heteroatoms. The molecule has 0 bridgehead atoms. The SMILES string of the molecule is Cc1ccc(Br)c(Nc2ncnc3ccc(N)cc23)c1. The van der Waals surface area contributed by atoms with E-state index in [1.54, 1.807) is 6.33 Å². The molecule has 0 unspecified atom stereocenters. The van der Waals surface area contributed by atoms with Crippen molar-refractivity contribution in [2.24, 2.45) is 0 Å². The van der Waals surface area contributed by atoms with Crippen molar-refractivity contribution in [2.45, 2.75) is 6.92 Å². The average molecular weight is 329 g/mol. The zero-order valence-corrected chi connectivity index (χ0v) is 12.5. The first-order valence-electron chi connectivity index (χ1n) is 6.17. The van der Waals surface area contributed by atoms with Gasteiger partial charge in [-0.15, -0.1) is 0 Å². The minimum Gasteiger partial charge on any atom is -0.399 e. The van der Waals surface area contributed by atoms with Gasteiger partial charge in [0.25, 0.3) is 0 Å². The molecule has 0 saturated carbocycles. The fourth-order valence-corrected chi connectivity index (χ4v) is 2.38. The Labute approximate surface area is 125 Å². The third kappa shape index (κ3) is 2.44. The first kappa shape index (κ1) is 12.9. The summed E-state index contributed by atoms with van der Waals surface area (Å²) in [4.78, 5) is 8.56. The zero-order chi connectivity index (χ0) is 14.1. The number of hydrogen-bond acceptors (Lipinski definition) is 4. The van der Waals surface area contributed by atoms with E-state index >= 15 is 0 Å². The average Bonchev–Trinajstić information content (AvgIpc) is 2.43. The summed E-state index contributed by atoms with van der Waals surface area (Å²) < 4.78 is 0.985. The third-order valence-electron chi connectivity index (χ3n) is 3.03. The van der Waals surface area contributed by atoms with Gasteiger partial charge in [0.05, 0.1) is 11.2 Å². The van der Waals surface area contributed by atoms with Gasteiger partial charge < -0.3 is 11.1 Å². The quantitative estimate of drug-likeness (QED) is 0.697. The Balaban J connectivity index is 2.10. The van der Waals surface area contributed by atoms with Crippen LogP contribution in [0.3, 0.4) is 0 Å². The van der Waals surface area contributed by atoms with Gasteiger partial charge >= 0.3 is 0 Å². The Kier molecular flexibility index (Phi) is 3.28. The molecule has 4 nitrogen and oxygen atoms in total. The topological polar surface area (TPSA) is 63.8 Å². The molecule has 0 radical (unpaired) electrons. The molecule has 0 amide bonds. The summed E-state index contributed by atoms with van der Waals surface area (Å²) in [5, 5.41) is 4.23. The Hall–Kier alpha value is -2.14. The van der Waals surface area contributed by atoms with Crippen molar-refractivity contribution in [1.82, 2.24) is 9.97 Å². The monoisotopic (exact) mass is 328 g/mol. The molecule has 3 N–H and O–H groups in total. The first-order chi connectivity index (χ1) is 9.63. The van der Waals surface area contributed by atoms with Crippen molar-refractivity contribution in [2.75, 3.05) is 11.1 Å². The zero-order valence-electron chi connectivity index (χ0n) is 10.9. The van der Waals surface area contributed by atoms with Crippen LogP contribution in [0.1, 0.15) is 5.56 Å². The van der Waals surface area contributed by atoms with E-state index in [-0.39, 0.29) is 0 Å². The number of nitrogen functional groups attached to an aromatic ring is 1. The van der Waals surface area contributed by atoms with Crippen molar-refractivity contribution in [3.05, 3.63) is 52.8 Å². The van der Waals surface area contributed by atoms with E-state index in [0.29, 0.717) is 5.69 Å². The van der Waals surface area contributed by atoms with Gasteiger partial charge in [-0.2, -0.15) is 0 Å². The minimum atomic E-state index is 0.693. The molecule has 1 heterocycles. The number of aromatic nitrogens is 2. The second kappa shape index (κ2) is 5.09. The first-order valence-corrected chi connectivity index (χ1v) is 6.96. The van der Waals surface area contributed by atoms with Gasteiger partial charge in [-0.05, 0) is 58.7 Å². The van der Waals surface area contributed by atoms with Gasteiger partial charge in [-0.3, -0.25) is 0 Å². The maximum atomic E-state index is 5.85. The predicted molar refractivity (Wildman–Crippen MR) is 86.1 cm³/mol. The Morgan fingerprint density at radius 2 is 1.95 bits per heavy atom. The molecule has 0 spiro atoms. The number of halogens is 1. The molecular weight excluding hydrogens is 316 g/mol. The van der Waals surface area contributed by atoms with Crippen molar-refractivity contribution < 1.29 is 0 Å². The van der Waals surface area contributed by atoms with Crippen LogP contribution in [0.4, 0.5) is 17.2 Å². The lowest BCUT2D eigenvalue weighted by Gasteiger charge is -2.11. The van der Waals surface area contributed by atoms with Crippen molar-refractivity contribution in [3.8, 4) is 0 Å². The van der Waals surface area contributed by atoms with Crippen LogP contribution in [0, 0.1) is 6.92 Å². The van der Waals surface area contributed by atoms with Gasteiger partial charge in [0.1, 0.15) is 12.1 Å². The largest absolute Gasteiger partial charge is 0.399 e. The number of nitrogens with zero attached hydrogens (tertiary/aromatic N) is 2. The lowest BCUT2D eigenvalue weighted by molar-refractivity contribution is 1.22. The fraction of sp³-hybridized carbons (Fsp3) is 0.0667. The highest BCUT2D eigenvalue weighted by atomic mass is 79.9. The maximum absolute atomic E-state index is 5.85. The lowest BCUT2D eigenvalue weighted by atomic mass is 10.2.